The molecule has 0 radical (unpaired) electrons. The zero-order valence-electron chi connectivity index (χ0n) is 24.3. The monoisotopic (exact) mass is 571 g/mol. The van der Waals surface area contributed by atoms with Crippen LogP contribution in [0, 0.1) is 0 Å². The van der Waals surface area contributed by atoms with Crippen molar-refractivity contribution in [1.82, 2.24) is 14.5 Å². The molecule has 2 aromatic heterocycles. The lowest BCUT2D eigenvalue weighted by molar-refractivity contribution is 1.17. The summed E-state index contributed by atoms with van der Waals surface area (Å²) < 4.78 is 2.40. The van der Waals surface area contributed by atoms with Gasteiger partial charge in [0.05, 0.1) is 22.2 Å². The van der Waals surface area contributed by atoms with Crippen molar-refractivity contribution in [2.75, 3.05) is 0 Å². The molecule has 0 bridgehead atoms. The van der Waals surface area contributed by atoms with Crippen molar-refractivity contribution in [3.63, 3.8) is 0 Å². The molecule has 208 valence electrons. The number of para-hydroxylation sites is 2. The van der Waals surface area contributed by atoms with Crippen LogP contribution in [0.1, 0.15) is 0 Å². The molecule has 1 aliphatic carbocycles. The Labute approximate surface area is 259 Å². The van der Waals surface area contributed by atoms with Crippen LogP contribution in [0.5, 0.6) is 0 Å². The Morgan fingerprint density at radius 3 is 2.07 bits per heavy atom. The van der Waals surface area contributed by atoms with Gasteiger partial charge in [0.15, 0.2) is 5.82 Å². The molecule has 0 aliphatic heterocycles. The molecule has 7 aromatic carbocycles. The smallest absolute Gasteiger partial charge is 0.160 e. The SMILES string of the molecule is c1ccc(-c2nc(-c3cccc(-n4c5ccccc5c5c6c(ccc54)-c4cccc5cccc-6c45)c3)nc3ccccc23)cc1. The predicted octanol–water partition coefficient (Wildman–Crippen LogP) is 10.9. The molecule has 0 unspecified atom stereocenters. The minimum absolute atomic E-state index is 0.721. The van der Waals surface area contributed by atoms with Gasteiger partial charge in [-0.2, -0.15) is 0 Å². The third-order valence-electron chi connectivity index (χ3n) is 9.32. The molecule has 0 saturated heterocycles. The van der Waals surface area contributed by atoms with E-state index in [4.69, 9.17) is 9.97 Å². The first-order valence-corrected chi connectivity index (χ1v) is 15.4. The first kappa shape index (κ1) is 24.4. The van der Waals surface area contributed by atoms with Gasteiger partial charge in [0.1, 0.15) is 0 Å². The van der Waals surface area contributed by atoms with E-state index in [1.807, 2.05) is 12.1 Å². The number of hydrogen-bond donors (Lipinski definition) is 0. The molecule has 3 heteroatoms. The van der Waals surface area contributed by atoms with E-state index in [-0.39, 0.29) is 0 Å². The predicted molar refractivity (Wildman–Crippen MR) is 187 cm³/mol. The Bertz CT molecular complexity index is 2640. The van der Waals surface area contributed by atoms with Crippen LogP contribution in [-0.2, 0) is 0 Å². The summed E-state index contributed by atoms with van der Waals surface area (Å²) in [6.45, 7) is 0. The molecule has 0 N–H and O–H groups in total. The van der Waals surface area contributed by atoms with Gasteiger partial charge in [-0.15, -0.1) is 0 Å². The number of fused-ring (bicyclic) bond motifs is 8. The van der Waals surface area contributed by atoms with E-state index >= 15 is 0 Å². The molecule has 0 atom stereocenters. The molecule has 1 aliphatic rings. The highest BCUT2D eigenvalue weighted by Gasteiger charge is 2.26. The molecular weight excluding hydrogens is 546 g/mol. The Hall–Kier alpha value is -6.06. The quantitative estimate of drug-likeness (QED) is 0.211. The van der Waals surface area contributed by atoms with E-state index in [2.05, 4.69) is 144 Å². The van der Waals surface area contributed by atoms with E-state index < -0.39 is 0 Å². The summed E-state index contributed by atoms with van der Waals surface area (Å²) in [7, 11) is 0. The fourth-order valence-corrected chi connectivity index (χ4v) is 7.42. The number of benzene rings is 7. The Morgan fingerprint density at radius 2 is 1.18 bits per heavy atom. The Kier molecular flexibility index (Phi) is 5.00. The molecule has 3 nitrogen and oxygen atoms in total. The van der Waals surface area contributed by atoms with Crippen molar-refractivity contribution in [3.05, 3.63) is 152 Å². The van der Waals surface area contributed by atoms with E-state index in [1.165, 1.54) is 54.8 Å². The van der Waals surface area contributed by atoms with Crippen LogP contribution in [0.15, 0.2) is 152 Å². The van der Waals surface area contributed by atoms with Crippen molar-refractivity contribution in [2.24, 2.45) is 0 Å². The molecule has 0 amide bonds. The highest BCUT2D eigenvalue weighted by molar-refractivity contribution is 6.26. The molecule has 45 heavy (non-hydrogen) atoms. The highest BCUT2D eigenvalue weighted by atomic mass is 15.0. The van der Waals surface area contributed by atoms with E-state index in [0.29, 0.717) is 0 Å². The Morgan fingerprint density at radius 1 is 0.444 bits per heavy atom. The van der Waals surface area contributed by atoms with Gasteiger partial charge in [0.2, 0.25) is 0 Å². The molecule has 0 saturated carbocycles. The third kappa shape index (κ3) is 3.46. The fraction of sp³-hybridized carbons (Fsp3) is 0. The van der Waals surface area contributed by atoms with Gasteiger partial charge in [-0.3, -0.25) is 0 Å². The molecule has 0 spiro atoms. The lowest BCUT2D eigenvalue weighted by atomic mass is 9.98. The zero-order chi connectivity index (χ0) is 29.5. The summed E-state index contributed by atoms with van der Waals surface area (Å²) in [5.74, 6) is 0.721. The maximum Gasteiger partial charge on any atom is 0.160 e. The van der Waals surface area contributed by atoms with Crippen LogP contribution >= 0.6 is 0 Å². The van der Waals surface area contributed by atoms with Crippen molar-refractivity contribution >= 4 is 43.5 Å². The topological polar surface area (TPSA) is 30.7 Å². The summed E-state index contributed by atoms with van der Waals surface area (Å²) in [5, 5.41) is 6.24. The normalized spacial score (nSPS) is 12.0. The van der Waals surface area contributed by atoms with Gasteiger partial charge < -0.3 is 4.57 Å². The second kappa shape index (κ2) is 9.22. The van der Waals surface area contributed by atoms with Gasteiger partial charge in [-0.05, 0) is 57.8 Å². The number of hydrogen-bond acceptors (Lipinski definition) is 2. The van der Waals surface area contributed by atoms with E-state index in [9.17, 15) is 0 Å². The average molecular weight is 572 g/mol. The molecule has 9 aromatic rings. The highest BCUT2D eigenvalue weighted by Crippen LogP contribution is 2.52. The minimum atomic E-state index is 0.721. The van der Waals surface area contributed by atoms with Gasteiger partial charge in [0, 0.05) is 38.5 Å². The van der Waals surface area contributed by atoms with Gasteiger partial charge in [-0.1, -0.05) is 121 Å². The fourth-order valence-electron chi connectivity index (χ4n) is 7.42. The van der Waals surface area contributed by atoms with Crippen LogP contribution in [0.3, 0.4) is 0 Å². The zero-order valence-corrected chi connectivity index (χ0v) is 24.3. The van der Waals surface area contributed by atoms with Gasteiger partial charge in [-0.25, -0.2) is 9.97 Å². The standard InChI is InChI=1S/C42H25N3/c1-2-11-27(12-3-1)41-32-17-4-6-21-35(32)43-42(44-41)28-15-8-16-29(25-28)45-36-22-7-5-18-33(36)40-37(45)24-23-31-30-19-9-13-26-14-10-20-34(38(26)30)39(31)40/h1-25H. The van der Waals surface area contributed by atoms with Crippen LogP contribution in [0.2, 0.25) is 0 Å². The average Bonchev–Trinajstić information content (AvgIpc) is 3.62. The summed E-state index contributed by atoms with van der Waals surface area (Å²) in [6.07, 6.45) is 0. The largest absolute Gasteiger partial charge is 0.309 e. The van der Waals surface area contributed by atoms with Crippen LogP contribution in [-0.4, -0.2) is 14.5 Å². The minimum Gasteiger partial charge on any atom is -0.309 e. The summed E-state index contributed by atoms with van der Waals surface area (Å²) in [5.41, 5.74) is 12.7. The second-order valence-corrected chi connectivity index (χ2v) is 11.8. The molecule has 0 fully saturated rings. The van der Waals surface area contributed by atoms with E-state index in [1.54, 1.807) is 0 Å². The maximum atomic E-state index is 5.16. The summed E-state index contributed by atoms with van der Waals surface area (Å²) in [4.78, 5) is 10.2. The third-order valence-corrected chi connectivity index (χ3v) is 9.32. The maximum absolute atomic E-state index is 5.16. The number of aromatic nitrogens is 3. The first-order chi connectivity index (χ1) is 22.3. The van der Waals surface area contributed by atoms with E-state index in [0.717, 1.165) is 39.2 Å². The first-order valence-electron chi connectivity index (χ1n) is 15.4. The van der Waals surface area contributed by atoms with Crippen LogP contribution < -0.4 is 0 Å². The molecular formula is C42H25N3. The lowest BCUT2D eigenvalue weighted by Crippen LogP contribution is -1.97. The lowest BCUT2D eigenvalue weighted by Gasteiger charge is -2.12. The molecule has 2 heterocycles. The van der Waals surface area contributed by atoms with Crippen LogP contribution in [0.25, 0.3) is 94.1 Å². The van der Waals surface area contributed by atoms with Crippen molar-refractivity contribution in [1.29, 1.82) is 0 Å². The van der Waals surface area contributed by atoms with Gasteiger partial charge >= 0.3 is 0 Å². The van der Waals surface area contributed by atoms with Crippen LogP contribution in [0.4, 0.5) is 0 Å². The number of rotatable bonds is 3. The summed E-state index contributed by atoms with van der Waals surface area (Å²) in [6, 6.07) is 54.1. The summed E-state index contributed by atoms with van der Waals surface area (Å²) >= 11 is 0. The Balaban J connectivity index is 1.22. The van der Waals surface area contributed by atoms with Crippen molar-refractivity contribution < 1.29 is 0 Å². The number of nitrogens with zero attached hydrogens (tertiary/aromatic N) is 3. The van der Waals surface area contributed by atoms with Gasteiger partial charge in [0.25, 0.3) is 0 Å². The van der Waals surface area contributed by atoms with Crippen molar-refractivity contribution in [3.8, 4) is 50.6 Å². The molecule has 10 rings (SSSR count). The second-order valence-electron chi connectivity index (χ2n) is 11.8. The van der Waals surface area contributed by atoms with Crippen molar-refractivity contribution in [2.45, 2.75) is 0 Å².